The van der Waals surface area contributed by atoms with E-state index < -0.39 is 0 Å². The van der Waals surface area contributed by atoms with E-state index in [2.05, 4.69) is 0 Å². The van der Waals surface area contributed by atoms with Crippen LogP contribution in [0.3, 0.4) is 0 Å². The van der Waals surface area contributed by atoms with Crippen molar-refractivity contribution in [1.82, 2.24) is 9.80 Å². The van der Waals surface area contributed by atoms with Gasteiger partial charge in [0.05, 0.1) is 5.02 Å². The maximum atomic E-state index is 12.4. The van der Waals surface area contributed by atoms with Crippen LogP contribution in [0.15, 0.2) is 52.3 Å². The Labute approximate surface area is 184 Å². The molecule has 0 radical (unpaired) electrons. The minimum absolute atomic E-state index is 0.0480. The van der Waals surface area contributed by atoms with E-state index >= 15 is 0 Å². The highest BCUT2D eigenvalue weighted by atomic mass is 35.5. The van der Waals surface area contributed by atoms with Gasteiger partial charge in [-0.25, -0.2) is 0 Å². The van der Waals surface area contributed by atoms with Gasteiger partial charge < -0.3 is 14.7 Å². The zero-order valence-corrected chi connectivity index (χ0v) is 18.0. The van der Waals surface area contributed by atoms with Crippen LogP contribution in [0.1, 0.15) is 18.1 Å². The number of hydrogen-bond donors (Lipinski definition) is 0. The van der Waals surface area contributed by atoms with Crippen LogP contribution in [0.25, 0.3) is 6.08 Å². The highest BCUT2D eigenvalue weighted by Gasteiger charge is 2.20. The van der Waals surface area contributed by atoms with Crippen LogP contribution in [0, 0.1) is 0 Å². The van der Waals surface area contributed by atoms with Gasteiger partial charge in [-0.15, -0.1) is 0 Å². The molecule has 2 aliphatic rings. The lowest BCUT2D eigenvalue weighted by Gasteiger charge is -2.33. The predicted octanol–water partition coefficient (Wildman–Crippen LogP) is 4.02. The molecule has 1 saturated heterocycles. The molecule has 0 saturated carbocycles. The van der Waals surface area contributed by atoms with E-state index in [4.69, 9.17) is 21.4 Å². The average Bonchev–Trinajstić information content (AvgIpc) is 3.21. The number of halogens is 1. The number of rotatable bonds is 4. The molecule has 0 bridgehead atoms. The molecule has 6 nitrogen and oxygen atoms in total. The lowest BCUT2D eigenvalue weighted by atomic mass is 10.2. The van der Waals surface area contributed by atoms with Gasteiger partial charge in [0, 0.05) is 54.5 Å². The fourth-order valence-corrected chi connectivity index (χ4v) is 4.50. The van der Waals surface area contributed by atoms with E-state index in [-0.39, 0.29) is 11.8 Å². The Kier molecular flexibility index (Phi) is 6.32. The SMILES string of the molecule is CC(=O)N1CCN(C(=O)C=Cc2ccc(Sc3ccc4c(c3)COO4)c(Cl)c2)CC1. The van der Waals surface area contributed by atoms with E-state index in [9.17, 15) is 9.59 Å². The maximum absolute atomic E-state index is 12.4. The Hall–Kier alpha value is -2.48. The summed E-state index contributed by atoms with van der Waals surface area (Å²) in [5.41, 5.74) is 1.87. The Bertz CT molecular complexity index is 1000. The molecule has 8 heteroatoms. The van der Waals surface area contributed by atoms with Crippen LogP contribution in [0.2, 0.25) is 5.02 Å². The van der Waals surface area contributed by atoms with Gasteiger partial charge in [-0.1, -0.05) is 29.4 Å². The molecule has 0 aliphatic carbocycles. The van der Waals surface area contributed by atoms with Crippen molar-refractivity contribution in [2.24, 2.45) is 0 Å². The Balaban J connectivity index is 1.37. The van der Waals surface area contributed by atoms with Gasteiger partial charge in [0.1, 0.15) is 6.61 Å². The lowest BCUT2D eigenvalue weighted by Crippen LogP contribution is -2.49. The monoisotopic (exact) mass is 444 g/mol. The molecule has 0 spiro atoms. The van der Waals surface area contributed by atoms with Crippen LogP contribution in [0.5, 0.6) is 5.75 Å². The van der Waals surface area contributed by atoms with Crippen molar-refractivity contribution in [3.63, 3.8) is 0 Å². The molecule has 0 unspecified atom stereocenters. The van der Waals surface area contributed by atoms with Gasteiger partial charge in [0.15, 0.2) is 5.75 Å². The third kappa shape index (κ3) is 4.80. The van der Waals surface area contributed by atoms with Gasteiger partial charge in [-0.05, 0) is 42.0 Å². The zero-order valence-electron chi connectivity index (χ0n) is 16.5. The van der Waals surface area contributed by atoms with Crippen LogP contribution >= 0.6 is 23.4 Å². The number of benzene rings is 2. The Morgan fingerprint density at radius 1 is 1.07 bits per heavy atom. The molecule has 2 aliphatic heterocycles. The molecule has 156 valence electrons. The summed E-state index contributed by atoms with van der Waals surface area (Å²) in [4.78, 5) is 39.3. The van der Waals surface area contributed by atoms with Crippen LogP contribution < -0.4 is 4.89 Å². The summed E-state index contributed by atoms with van der Waals surface area (Å²) in [5, 5.41) is 0.623. The topological polar surface area (TPSA) is 59.1 Å². The largest absolute Gasteiger partial charge is 0.339 e. The van der Waals surface area contributed by atoms with E-state index in [1.165, 1.54) is 0 Å². The van der Waals surface area contributed by atoms with Crippen molar-refractivity contribution in [1.29, 1.82) is 0 Å². The number of piperazine rings is 1. The van der Waals surface area contributed by atoms with Gasteiger partial charge in [-0.2, -0.15) is 4.89 Å². The van der Waals surface area contributed by atoms with E-state index in [0.717, 1.165) is 26.7 Å². The molecular weight excluding hydrogens is 424 g/mol. The summed E-state index contributed by atoms with van der Waals surface area (Å²) in [6, 6.07) is 11.6. The van der Waals surface area contributed by atoms with Crippen molar-refractivity contribution in [2.75, 3.05) is 26.2 Å². The van der Waals surface area contributed by atoms with Crippen LogP contribution in [0.4, 0.5) is 0 Å². The summed E-state index contributed by atoms with van der Waals surface area (Å²) in [6.45, 7) is 4.25. The van der Waals surface area contributed by atoms with Crippen molar-refractivity contribution >= 4 is 41.3 Å². The number of amides is 2. The molecule has 0 aromatic heterocycles. The highest BCUT2D eigenvalue weighted by Crippen LogP contribution is 2.37. The number of carbonyl (C=O) groups is 2. The summed E-state index contributed by atoms with van der Waals surface area (Å²) in [6.07, 6.45) is 3.33. The Morgan fingerprint density at radius 3 is 2.57 bits per heavy atom. The fourth-order valence-electron chi connectivity index (χ4n) is 3.31. The summed E-state index contributed by atoms with van der Waals surface area (Å²) < 4.78 is 0. The van der Waals surface area contributed by atoms with Crippen molar-refractivity contribution < 1.29 is 19.4 Å². The zero-order chi connectivity index (χ0) is 21.1. The molecular formula is C22H21ClN2O4S. The van der Waals surface area contributed by atoms with Crippen LogP contribution in [-0.4, -0.2) is 47.8 Å². The van der Waals surface area contributed by atoms with Gasteiger partial charge in [0.25, 0.3) is 0 Å². The summed E-state index contributed by atoms with van der Waals surface area (Å²) in [7, 11) is 0. The molecule has 1 fully saturated rings. The molecule has 2 aromatic carbocycles. The van der Waals surface area contributed by atoms with Crippen molar-refractivity contribution in [3.8, 4) is 5.75 Å². The van der Waals surface area contributed by atoms with Crippen molar-refractivity contribution in [3.05, 3.63) is 58.6 Å². The third-order valence-corrected chi connectivity index (χ3v) is 6.52. The molecule has 2 amide bonds. The summed E-state index contributed by atoms with van der Waals surface area (Å²) >= 11 is 8.03. The van der Waals surface area contributed by atoms with Gasteiger partial charge in [-0.3, -0.25) is 9.59 Å². The van der Waals surface area contributed by atoms with E-state index in [1.807, 2.05) is 36.4 Å². The third-order valence-electron chi connectivity index (χ3n) is 5.03. The van der Waals surface area contributed by atoms with Crippen molar-refractivity contribution in [2.45, 2.75) is 23.3 Å². The van der Waals surface area contributed by atoms with Gasteiger partial charge in [0.2, 0.25) is 11.8 Å². The molecule has 2 heterocycles. The number of nitrogens with zero attached hydrogens (tertiary/aromatic N) is 2. The highest BCUT2D eigenvalue weighted by molar-refractivity contribution is 7.99. The average molecular weight is 445 g/mol. The quantitative estimate of drug-likeness (QED) is 0.526. The predicted molar refractivity (Wildman–Crippen MR) is 115 cm³/mol. The second kappa shape index (κ2) is 9.12. The Morgan fingerprint density at radius 2 is 1.83 bits per heavy atom. The minimum atomic E-state index is -0.0599. The van der Waals surface area contributed by atoms with Gasteiger partial charge >= 0.3 is 0 Å². The number of hydrogen-bond acceptors (Lipinski definition) is 5. The smallest absolute Gasteiger partial charge is 0.246 e. The van der Waals surface area contributed by atoms with Crippen LogP contribution in [-0.2, 0) is 21.1 Å². The van der Waals surface area contributed by atoms with E-state index in [1.54, 1.807) is 40.6 Å². The first-order valence-corrected chi connectivity index (χ1v) is 10.8. The second-order valence-electron chi connectivity index (χ2n) is 7.07. The maximum Gasteiger partial charge on any atom is 0.246 e. The molecule has 30 heavy (non-hydrogen) atoms. The minimum Gasteiger partial charge on any atom is -0.339 e. The normalized spacial score (nSPS) is 15.9. The lowest BCUT2D eigenvalue weighted by molar-refractivity contribution is -0.194. The first kappa shape index (κ1) is 20.8. The molecule has 0 atom stereocenters. The molecule has 2 aromatic rings. The first-order chi connectivity index (χ1) is 14.5. The molecule has 0 N–H and O–H groups in total. The second-order valence-corrected chi connectivity index (χ2v) is 8.59. The first-order valence-electron chi connectivity index (χ1n) is 9.62. The fraction of sp³-hybridized carbons (Fsp3) is 0.273. The molecule has 4 rings (SSSR count). The standard InChI is InChI=1S/C22H21ClN2O4S/c1-15(26)24-8-10-25(11-9-24)22(27)7-3-16-2-6-21(19(23)12-16)30-18-4-5-20-17(13-18)14-28-29-20/h2-7,12-13H,8-11,14H2,1H3. The number of carbonyl (C=O) groups excluding carboxylic acids is 2. The summed E-state index contributed by atoms with van der Waals surface area (Å²) in [5.74, 6) is 0.737. The van der Waals surface area contributed by atoms with E-state index in [0.29, 0.717) is 37.8 Å². The number of fused-ring (bicyclic) bond motifs is 1.